The zero-order valence-electron chi connectivity index (χ0n) is 32.4. The quantitative estimate of drug-likeness (QED) is 0.0484. The highest BCUT2D eigenvalue weighted by molar-refractivity contribution is 6.33. The molecule has 14 nitrogen and oxygen atoms in total. The number of nitrogens with one attached hydrogen (secondary N) is 1. The maximum atomic E-state index is 13.6. The molecule has 4 aromatic carbocycles. The minimum atomic E-state index is -1.04. The molecule has 2 N–H and O–H groups in total. The van der Waals surface area contributed by atoms with E-state index in [1.54, 1.807) is 12.1 Å². The van der Waals surface area contributed by atoms with Crippen molar-refractivity contribution in [3.8, 4) is 11.5 Å². The molecule has 3 aliphatic heterocycles. The van der Waals surface area contributed by atoms with Crippen molar-refractivity contribution < 1.29 is 43.4 Å². The first-order chi connectivity index (χ1) is 28.4. The number of halogens is 1. The van der Waals surface area contributed by atoms with Gasteiger partial charge in [0.2, 0.25) is 11.8 Å². The van der Waals surface area contributed by atoms with Crippen LogP contribution in [0.25, 0.3) is 0 Å². The lowest BCUT2D eigenvalue weighted by atomic mass is 9.77. The number of aliphatic hydroxyl groups excluding tert-OH is 1. The molecule has 4 aromatic rings. The van der Waals surface area contributed by atoms with Gasteiger partial charge in [0.15, 0.2) is 11.5 Å². The van der Waals surface area contributed by atoms with Gasteiger partial charge in [-0.15, -0.1) is 0 Å². The third-order valence-electron chi connectivity index (χ3n) is 11.1. The van der Waals surface area contributed by atoms with Crippen LogP contribution in [0.15, 0.2) is 108 Å². The van der Waals surface area contributed by atoms with Crippen LogP contribution in [0.3, 0.4) is 0 Å². The number of aliphatic hydroxyl groups is 1. The molecule has 0 radical (unpaired) electrons. The molecular weight excluding hydrogens is 780 g/mol. The summed E-state index contributed by atoms with van der Waals surface area (Å²) >= 11 is 6.93. The molecule has 0 saturated carbocycles. The molecule has 0 spiro atoms. The number of hydrogen-bond acceptors (Lipinski definition) is 11. The van der Waals surface area contributed by atoms with E-state index in [0.717, 1.165) is 23.3 Å². The summed E-state index contributed by atoms with van der Waals surface area (Å²) in [5.74, 6) is -3.37. The van der Waals surface area contributed by atoms with Gasteiger partial charge in [0.1, 0.15) is 18.9 Å². The summed E-state index contributed by atoms with van der Waals surface area (Å²) in [6.07, 6.45) is -0.442. The highest BCUT2D eigenvalue weighted by atomic mass is 35.5. The second-order valence-electron chi connectivity index (χ2n) is 15.0. The molecule has 5 atom stereocenters. The van der Waals surface area contributed by atoms with Gasteiger partial charge in [-0.3, -0.25) is 24.6 Å². The largest absolute Gasteiger partial charge is 0.485 e. The molecule has 15 heteroatoms. The number of non-ortho nitro benzene ring substituents is 1. The summed E-state index contributed by atoms with van der Waals surface area (Å²) in [6.45, 7) is 5.16. The second-order valence-corrected chi connectivity index (χ2v) is 15.3. The number of nitrogens with zero attached hydrogens (tertiary/aromatic N) is 3. The average Bonchev–Trinajstić information content (AvgIpc) is 3.80. The van der Waals surface area contributed by atoms with Gasteiger partial charge < -0.3 is 29.5 Å². The standard InChI is InChI=1S/C44H43ClN4O10/c1-26-34(39(48-38(26)36(27(2)50)42(48)52)44(54)59-43(53)30-13-16-33(17-14-30)49(55)56)23-47-20-19-32(22-47)41(51)46-21-31-15-18-35(57-24-28-9-5-3-6-10-28)40(37(31)45)58-25-29-11-7-4-8-12-29/h3-18,26-27,32,36,38,50H,19-25H2,1-2H3,(H,46,51)/t26-,27+,32?,36+,38+/m0/s1. The van der Waals surface area contributed by atoms with Crippen molar-refractivity contribution in [1.29, 1.82) is 0 Å². The smallest absolute Gasteiger partial charge is 0.362 e. The molecule has 3 heterocycles. The first-order valence-electron chi connectivity index (χ1n) is 19.3. The van der Waals surface area contributed by atoms with Gasteiger partial charge in [-0.1, -0.05) is 85.3 Å². The lowest BCUT2D eigenvalue weighted by Gasteiger charge is -2.46. The molecule has 0 aromatic heterocycles. The Kier molecular flexibility index (Phi) is 12.4. The number of fused-ring (bicyclic) bond motifs is 1. The Bertz CT molecular complexity index is 2270. The minimum absolute atomic E-state index is 0.0660. The van der Waals surface area contributed by atoms with E-state index in [2.05, 4.69) is 5.32 Å². The predicted molar refractivity (Wildman–Crippen MR) is 215 cm³/mol. The molecule has 3 aliphatic rings. The Morgan fingerprint density at radius 3 is 2.20 bits per heavy atom. The van der Waals surface area contributed by atoms with E-state index in [4.69, 9.17) is 25.8 Å². The number of hydrogen-bond donors (Lipinski definition) is 2. The number of β-lactam (4-membered cyclic amide) rings is 1. The van der Waals surface area contributed by atoms with Gasteiger partial charge in [-0.05, 0) is 60.4 Å². The highest BCUT2D eigenvalue weighted by Gasteiger charge is 2.60. The maximum absolute atomic E-state index is 13.6. The van der Waals surface area contributed by atoms with Crippen molar-refractivity contribution in [2.24, 2.45) is 17.8 Å². The van der Waals surface area contributed by atoms with Crippen LogP contribution in [-0.2, 0) is 38.9 Å². The maximum Gasteiger partial charge on any atom is 0.362 e. The van der Waals surface area contributed by atoms with Crippen LogP contribution >= 0.6 is 11.6 Å². The lowest BCUT2D eigenvalue weighted by Crippen LogP contribution is -2.63. The topological polar surface area (TPSA) is 178 Å². The van der Waals surface area contributed by atoms with Gasteiger partial charge in [-0.2, -0.15) is 0 Å². The number of benzene rings is 4. The Morgan fingerprint density at radius 1 is 0.932 bits per heavy atom. The number of amides is 2. The summed E-state index contributed by atoms with van der Waals surface area (Å²) in [7, 11) is 0. The molecular formula is C44H43ClN4O10. The summed E-state index contributed by atoms with van der Waals surface area (Å²) < 4.78 is 17.6. The number of nitro groups is 1. The average molecular weight is 823 g/mol. The lowest BCUT2D eigenvalue weighted by molar-refractivity contribution is -0.384. The van der Waals surface area contributed by atoms with Gasteiger partial charge in [0.05, 0.1) is 39.5 Å². The Hall–Kier alpha value is -6.09. The van der Waals surface area contributed by atoms with E-state index in [-0.39, 0.29) is 48.5 Å². The number of likely N-dealkylation sites (tertiary alicyclic amines) is 1. The van der Waals surface area contributed by atoms with Crippen LogP contribution < -0.4 is 14.8 Å². The van der Waals surface area contributed by atoms with Crippen molar-refractivity contribution >= 4 is 41.0 Å². The van der Waals surface area contributed by atoms with Crippen LogP contribution in [0.1, 0.15) is 47.3 Å². The normalized spacial score (nSPS) is 20.4. The van der Waals surface area contributed by atoms with E-state index in [9.17, 15) is 34.4 Å². The molecule has 1 unspecified atom stereocenters. The van der Waals surface area contributed by atoms with Crippen LogP contribution in [0.5, 0.6) is 11.5 Å². The summed E-state index contributed by atoms with van der Waals surface area (Å²) in [5, 5.41) is 24.8. The third-order valence-corrected chi connectivity index (χ3v) is 11.5. The molecule has 59 heavy (non-hydrogen) atoms. The summed E-state index contributed by atoms with van der Waals surface area (Å²) in [5.41, 5.74) is 2.74. The monoisotopic (exact) mass is 822 g/mol. The van der Waals surface area contributed by atoms with Crippen molar-refractivity contribution in [2.75, 3.05) is 19.6 Å². The molecule has 2 saturated heterocycles. The van der Waals surface area contributed by atoms with Gasteiger partial charge >= 0.3 is 11.9 Å². The first kappa shape index (κ1) is 41.1. The highest BCUT2D eigenvalue weighted by Crippen LogP contribution is 2.48. The van der Waals surface area contributed by atoms with E-state index in [1.165, 1.54) is 24.0 Å². The Labute approximate surface area is 345 Å². The van der Waals surface area contributed by atoms with Gasteiger partial charge in [-0.25, -0.2) is 9.59 Å². The van der Waals surface area contributed by atoms with Gasteiger partial charge in [0, 0.05) is 37.7 Å². The van der Waals surface area contributed by atoms with Crippen molar-refractivity contribution in [3.63, 3.8) is 0 Å². The molecule has 2 fully saturated rings. The fraction of sp³-hybridized carbons (Fsp3) is 0.318. The minimum Gasteiger partial charge on any atom is -0.485 e. The van der Waals surface area contributed by atoms with Crippen LogP contribution in [0.2, 0.25) is 5.02 Å². The zero-order chi connectivity index (χ0) is 41.8. The van der Waals surface area contributed by atoms with E-state index in [1.807, 2.05) is 72.5 Å². The number of ether oxygens (including phenoxy) is 3. The van der Waals surface area contributed by atoms with Crippen molar-refractivity contribution in [2.45, 2.75) is 52.2 Å². The molecule has 306 valence electrons. The summed E-state index contributed by atoms with van der Waals surface area (Å²) in [6, 6.07) is 27.1. The molecule has 0 bridgehead atoms. The van der Waals surface area contributed by atoms with E-state index >= 15 is 0 Å². The zero-order valence-corrected chi connectivity index (χ0v) is 33.2. The third kappa shape index (κ3) is 8.85. The Morgan fingerprint density at radius 2 is 1.58 bits per heavy atom. The molecule has 0 aliphatic carbocycles. The van der Waals surface area contributed by atoms with E-state index in [0.29, 0.717) is 53.8 Å². The molecule has 7 rings (SSSR count). The number of rotatable bonds is 15. The fourth-order valence-corrected chi connectivity index (χ4v) is 8.22. The van der Waals surface area contributed by atoms with E-state index < -0.39 is 46.8 Å². The predicted octanol–water partition coefficient (Wildman–Crippen LogP) is 5.84. The number of esters is 2. The Balaban J connectivity index is 1.02. The first-order valence-corrected chi connectivity index (χ1v) is 19.7. The fourth-order valence-electron chi connectivity index (χ4n) is 7.94. The second kappa shape index (κ2) is 17.8. The number of carbonyl (C=O) groups is 4. The van der Waals surface area contributed by atoms with Gasteiger partial charge in [0.25, 0.3) is 5.69 Å². The number of nitro benzene ring substituents is 1. The number of carbonyl (C=O) groups excluding carboxylic acids is 4. The van der Waals surface area contributed by atoms with Crippen LogP contribution in [-0.4, -0.2) is 75.4 Å². The molecule has 2 amide bonds. The SMILES string of the molecule is C[C@@H](O)[C@H]1C(=O)N2C(C(=O)OC(=O)c3ccc([N+](=O)[O-])cc3)=C(CN3CCC(C(=O)NCc4ccc(OCc5ccccc5)c(OCc5ccccc5)c4Cl)C3)[C@H](C)[C@H]12. The van der Waals surface area contributed by atoms with Crippen molar-refractivity contribution in [3.05, 3.63) is 146 Å². The van der Waals surface area contributed by atoms with Crippen LogP contribution in [0, 0.1) is 27.9 Å². The van der Waals surface area contributed by atoms with Crippen LogP contribution in [0.4, 0.5) is 5.69 Å². The van der Waals surface area contributed by atoms with Crippen molar-refractivity contribution in [1.82, 2.24) is 15.1 Å². The summed E-state index contributed by atoms with van der Waals surface area (Å²) in [4.78, 5) is 67.2.